The molecule has 0 bridgehead atoms. The van der Waals surface area contributed by atoms with Crippen LogP contribution in [-0.4, -0.2) is 68.4 Å². The molecule has 12 nitrogen and oxygen atoms in total. The number of anilines is 1. The van der Waals surface area contributed by atoms with Crippen molar-refractivity contribution in [1.82, 2.24) is 19.5 Å². The summed E-state index contributed by atoms with van der Waals surface area (Å²) in [5.41, 5.74) is 5.48. The number of hydrogen-bond acceptors (Lipinski definition) is 11. The Morgan fingerprint density at radius 3 is 1.96 bits per heavy atom. The van der Waals surface area contributed by atoms with Crippen molar-refractivity contribution in [2.24, 2.45) is 0 Å². The molecule has 0 radical (unpaired) electrons. The Morgan fingerprint density at radius 2 is 1.33 bits per heavy atom. The molecule has 1 aliphatic heterocycles. The molecule has 1 saturated heterocycles. The Balaban J connectivity index is 1.18. The summed E-state index contributed by atoms with van der Waals surface area (Å²) >= 11 is 0. The van der Waals surface area contributed by atoms with E-state index in [9.17, 15) is 14.4 Å². The van der Waals surface area contributed by atoms with Gasteiger partial charge in [0.05, 0.1) is 23.0 Å². The van der Waals surface area contributed by atoms with E-state index < -0.39 is 42.4 Å². The number of benzene rings is 4. The molecule has 2 fully saturated rings. The van der Waals surface area contributed by atoms with Crippen LogP contribution >= 0.6 is 0 Å². The molecule has 3 heterocycles. The minimum absolute atomic E-state index is 0.251. The fourth-order valence-electron chi connectivity index (χ4n) is 7.66. The number of fused-ring (bicyclic) bond motifs is 1. The van der Waals surface area contributed by atoms with Gasteiger partial charge in [-0.1, -0.05) is 91.2 Å². The summed E-state index contributed by atoms with van der Waals surface area (Å²) in [7, 11) is 0. The fourth-order valence-corrected chi connectivity index (χ4v) is 7.66. The molecule has 2 aliphatic rings. The number of nitrogens with zero attached hydrogens (tertiary/aromatic N) is 5. The van der Waals surface area contributed by atoms with Crippen LogP contribution in [0.1, 0.15) is 79.7 Å². The van der Waals surface area contributed by atoms with Crippen molar-refractivity contribution < 1.29 is 33.3 Å². The van der Waals surface area contributed by atoms with E-state index in [1.54, 1.807) is 102 Å². The molecule has 0 unspecified atom stereocenters. The SMILES string of the molecule is Cc1ccc(C)c(CN(c2ncnc3c2ncn3[C@@H]2O[C@H](COC(=O)c3ccccc3)[C@@H](OC(=O)c3ccccc3)[C@H]2OC(=O)c2ccccc2)C2CCCC2)c1. The van der Waals surface area contributed by atoms with Gasteiger partial charge in [0.15, 0.2) is 35.4 Å². The van der Waals surface area contributed by atoms with Crippen molar-refractivity contribution in [2.45, 2.75) is 76.7 Å². The van der Waals surface area contributed by atoms with E-state index in [1.807, 2.05) is 0 Å². The summed E-state index contributed by atoms with van der Waals surface area (Å²) in [5.74, 6) is -1.22. The predicted molar refractivity (Wildman–Crippen MR) is 212 cm³/mol. The number of carbonyl (C=O) groups is 3. The van der Waals surface area contributed by atoms with Gasteiger partial charge in [-0.15, -0.1) is 0 Å². The Labute approximate surface area is 330 Å². The number of imidazole rings is 1. The van der Waals surface area contributed by atoms with Crippen molar-refractivity contribution in [1.29, 1.82) is 0 Å². The highest BCUT2D eigenvalue weighted by Gasteiger charge is 2.52. The maximum atomic E-state index is 13.8. The lowest BCUT2D eigenvalue weighted by Crippen LogP contribution is -2.41. The summed E-state index contributed by atoms with van der Waals surface area (Å²) in [5, 5.41) is 0. The maximum Gasteiger partial charge on any atom is 0.338 e. The molecule has 2 aromatic heterocycles. The summed E-state index contributed by atoms with van der Waals surface area (Å²) in [4.78, 5) is 57.3. The highest BCUT2D eigenvalue weighted by Crippen LogP contribution is 2.39. The molecule has 0 N–H and O–H groups in total. The van der Waals surface area contributed by atoms with Crippen LogP contribution in [0.4, 0.5) is 5.82 Å². The molecule has 290 valence electrons. The predicted octanol–water partition coefficient (Wildman–Crippen LogP) is 7.60. The molecule has 0 amide bonds. The third-order valence-corrected chi connectivity index (χ3v) is 10.7. The molecule has 1 saturated carbocycles. The lowest BCUT2D eigenvalue weighted by molar-refractivity contribution is -0.0606. The first-order valence-electron chi connectivity index (χ1n) is 19.2. The zero-order chi connectivity index (χ0) is 39.3. The van der Waals surface area contributed by atoms with Crippen molar-refractivity contribution in [3.63, 3.8) is 0 Å². The highest BCUT2D eigenvalue weighted by molar-refractivity contribution is 5.91. The van der Waals surface area contributed by atoms with Gasteiger partial charge in [0.25, 0.3) is 0 Å². The number of rotatable bonds is 12. The van der Waals surface area contributed by atoms with E-state index in [2.05, 4.69) is 41.9 Å². The molecule has 1 aliphatic carbocycles. The number of aryl methyl sites for hydroxylation is 2. The minimum atomic E-state index is -1.22. The second-order valence-corrected chi connectivity index (χ2v) is 14.5. The molecule has 4 atom stereocenters. The Bertz CT molecular complexity index is 2350. The first kappa shape index (κ1) is 37.5. The molecule has 57 heavy (non-hydrogen) atoms. The quantitative estimate of drug-likeness (QED) is 0.0901. The van der Waals surface area contributed by atoms with Gasteiger partial charge in [0.2, 0.25) is 0 Å². The van der Waals surface area contributed by atoms with E-state index in [0.29, 0.717) is 34.7 Å². The fraction of sp³-hybridized carbons (Fsp3) is 0.289. The second kappa shape index (κ2) is 16.8. The molecular weight excluding hydrogens is 723 g/mol. The third-order valence-electron chi connectivity index (χ3n) is 10.7. The van der Waals surface area contributed by atoms with E-state index in [-0.39, 0.29) is 18.2 Å². The standard InChI is InChI=1S/C45H43N5O7/c1-29-22-23-30(2)34(24-29)25-49(35-20-12-13-21-35)40-37-41(47-27-46-40)50(28-48-37)42-39(57-45(53)33-18-10-5-11-19-33)38(56-44(52)32-16-8-4-9-17-32)36(55-42)26-54-43(51)31-14-6-3-7-15-31/h3-11,14-19,22-24,27-28,35-36,38-39,42H,12-13,20-21,25-26H2,1-2H3/t36-,38-,39-,42-/m1/s1. The van der Waals surface area contributed by atoms with Gasteiger partial charge in [-0.05, 0) is 74.2 Å². The number of ether oxygens (including phenoxy) is 4. The Kier molecular flexibility index (Phi) is 11.0. The Hall–Kier alpha value is -6.40. The third kappa shape index (κ3) is 8.13. The van der Waals surface area contributed by atoms with Crippen LogP contribution in [0.15, 0.2) is 122 Å². The number of esters is 3. The second-order valence-electron chi connectivity index (χ2n) is 14.5. The monoisotopic (exact) mass is 765 g/mol. The summed E-state index contributed by atoms with van der Waals surface area (Å²) in [6.07, 6.45) is 2.81. The molecule has 8 rings (SSSR count). The minimum Gasteiger partial charge on any atom is -0.459 e. The van der Waals surface area contributed by atoms with Gasteiger partial charge in [-0.25, -0.2) is 29.3 Å². The van der Waals surface area contributed by atoms with Crippen molar-refractivity contribution >= 4 is 34.9 Å². The van der Waals surface area contributed by atoms with Crippen LogP contribution in [0.25, 0.3) is 11.2 Å². The zero-order valence-electron chi connectivity index (χ0n) is 31.8. The van der Waals surface area contributed by atoms with Crippen molar-refractivity contribution in [2.75, 3.05) is 11.5 Å². The Morgan fingerprint density at radius 1 is 0.737 bits per heavy atom. The summed E-state index contributed by atoms with van der Waals surface area (Å²) in [6.45, 7) is 4.54. The van der Waals surface area contributed by atoms with Crippen LogP contribution in [0, 0.1) is 13.8 Å². The van der Waals surface area contributed by atoms with Crippen molar-refractivity contribution in [3.05, 3.63) is 155 Å². The van der Waals surface area contributed by atoms with Crippen molar-refractivity contribution in [3.8, 4) is 0 Å². The zero-order valence-corrected chi connectivity index (χ0v) is 31.8. The van der Waals surface area contributed by atoms with Gasteiger partial charge >= 0.3 is 17.9 Å². The van der Waals surface area contributed by atoms with E-state index in [1.165, 1.54) is 23.0 Å². The number of hydrogen-bond donors (Lipinski definition) is 0. The average molecular weight is 766 g/mol. The smallest absolute Gasteiger partial charge is 0.338 e. The normalized spacial score (nSPS) is 19.3. The lowest BCUT2D eigenvalue weighted by Gasteiger charge is -2.31. The average Bonchev–Trinajstić information content (AvgIpc) is 4.01. The molecule has 6 aromatic rings. The van der Waals surface area contributed by atoms with Crippen LogP contribution < -0.4 is 4.90 Å². The first-order valence-corrected chi connectivity index (χ1v) is 19.2. The molecule has 4 aromatic carbocycles. The van der Waals surface area contributed by atoms with Crippen LogP contribution in [-0.2, 0) is 25.5 Å². The summed E-state index contributed by atoms with van der Waals surface area (Å²) in [6, 6.07) is 32.3. The molecular formula is C45H43N5O7. The van der Waals surface area contributed by atoms with Gasteiger partial charge in [0.1, 0.15) is 19.0 Å². The molecule has 12 heteroatoms. The highest BCUT2D eigenvalue weighted by atomic mass is 16.7. The van der Waals surface area contributed by atoms with Gasteiger partial charge in [0, 0.05) is 12.6 Å². The number of carbonyl (C=O) groups excluding carboxylic acids is 3. The summed E-state index contributed by atoms with van der Waals surface area (Å²) < 4.78 is 26.4. The van der Waals surface area contributed by atoms with Gasteiger partial charge < -0.3 is 23.8 Å². The van der Waals surface area contributed by atoms with Gasteiger partial charge in [-0.2, -0.15) is 0 Å². The lowest BCUT2D eigenvalue weighted by atomic mass is 10.0. The first-order chi connectivity index (χ1) is 27.8. The largest absolute Gasteiger partial charge is 0.459 e. The molecule has 0 spiro atoms. The van der Waals surface area contributed by atoms with Gasteiger partial charge in [-0.3, -0.25) is 4.57 Å². The van der Waals surface area contributed by atoms with Crippen LogP contribution in [0.5, 0.6) is 0 Å². The van der Waals surface area contributed by atoms with E-state index >= 15 is 0 Å². The van der Waals surface area contributed by atoms with Crippen LogP contribution in [0.3, 0.4) is 0 Å². The van der Waals surface area contributed by atoms with E-state index in [4.69, 9.17) is 28.9 Å². The van der Waals surface area contributed by atoms with Crippen LogP contribution in [0.2, 0.25) is 0 Å². The number of aromatic nitrogens is 4. The van der Waals surface area contributed by atoms with E-state index in [0.717, 1.165) is 25.7 Å². The maximum absolute atomic E-state index is 13.8. The topological polar surface area (TPSA) is 135 Å².